The second-order valence-corrected chi connectivity index (χ2v) is 4.10. The van der Waals surface area contributed by atoms with Crippen molar-refractivity contribution in [2.45, 2.75) is 25.7 Å². The molecule has 0 atom stereocenters. The Morgan fingerprint density at radius 1 is 1.40 bits per heavy atom. The maximum Gasteiger partial charge on any atom is 0.137 e. The maximum absolute atomic E-state index is 5.60. The van der Waals surface area contributed by atoms with Crippen LogP contribution in [-0.4, -0.2) is 18.1 Å². The monoisotopic (exact) mass is 206 g/mol. The summed E-state index contributed by atoms with van der Waals surface area (Å²) >= 11 is 0. The van der Waals surface area contributed by atoms with Gasteiger partial charge in [-0.3, -0.25) is 4.98 Å². The van der Waals surface area contributed by atoms with E-state index in [0.717, 1.165) is 30.4 Å². The third-order valence-corrected chi connectivity index (χ3v) is 2.69. The largest absolute Gasteiger partial charge is 0.492 e. The molecule has 1 saturated carbocycles. The van der Waals surface area contributed by atoms with Gasteiger partial charge in [-0.25, -0.2) is 0 Å². The van der Waals surface area contributed by atoms with Crippen LogP contribution < -0.4 is 10.5 Å². The maximum atomic E-state index is 5.60. The highest BCUT2D eigenvalue weighted by atomic mass is 16.5. The molecule has 1 fully saturated rings. The molecule has 0 amide bonds. The van der Waals surface area contributed by atoms with E-state index in [1.807, 2.05) is 12.1 Å². The molecule has 0 radical (unpaired) electrons. The van der Waals surface area contributed by atoms with Crippen molar-refractivity contribution in [2.75, 3.05) is 13.2 Å². The molecule has 1 aliphatic rings. The van der Waals surface area contributed by atoms with Gasteiger partial charge in [0.15, 0.2) is 0 Å². The summed E-state index contributed by atoms with van der Waals surface area (Å²) in [6.45, 7) is 1.47. The Morgan fingerprint density at radius 3 is 2.87 bits per heavy atom. The first-order valence-corrected chi connectivity index (χ1v) is 5.66. The normalized spacial score (nSPS) is 15.3. The van der Waals surface area contributed by atoms with E-state index >= 15 is 0 Å². The average molecular weight is 206 g/mol. The van der Waals surface area contributed by atoms with Crippen LogP contribution in [0.25, 0.3) is 0 Å². The van der Waals surface area contributed by atoms with Crippen LogP contribution in [0.5, 0.6) is 5.75 Å². The van der Waals surface area contributed by atoms with Crippen molar-refractivity contribution in [3.05, 3.63) is 24.0 Å². The number of nitrogens with zero attached hydrogens (tertiary/aromatic N) is 1. The van der Waals surface area contributed by atoms with Gasteiger partial charge in [-0.15, -0.1) is 0 Å². The van der Waals surface area contributed by atoms with Crippen LogP contribution in [0.2, 0.25) is 0 Å². The van der Waals surface area contributed by atoms with Crippen LogP contribution in [0.15, 0.2) is 18.3 Å². The van der Waals surface area contributed by atoms with Crippen molar-refractivity contribution in [1.29, 1.82) is 0 Å². The van der Waals surface area contributed by atoms with Gasteiger partial charge in [0.25, 0.3) is 0 Å². The number of nitrogens with two attached hydrogens (primary N) is 1. The Balaban J connectivity index is 1.75. The quantitative estimate of drug-likeness (QED) is 0.771. The van der Waals surface area contributed by atoms with Crippen molar-refractivity contribution < 1.29 is 4.74 Å². The van der Waals surface area contributed by atoms with Crippen molar-refractivity contribution in [1.82, 2.24) is 4.98 Å². The van der Waals surface area contributed by atoms with E-state index in [1.54, 1.807) is 6.20 Å². The van der Waals surface area contributed by atoms with Crippen LogP contribution in [0.1, 0.15) is 25.0 Å². The smallest absolute Gasteiger partial charge is 0.137 e. The summed E-state index contributed by atoms with van der Waals surface area (Å²) in [5.41, 5.74) is 6.48. The Hall–Kier alpha value is -1.09. The Bertz CT molecular complexity index is 293. The van der Waals surface area contributed by atoms with Gasteiger partial charge in [0, 0.05) is 12.1 Å². The second-order valence-electron chi connectivity index (χ2n) is 4.10. The van der Waals surface area contributed by atoms with E-state index in [2.05, 4.69) is 4.98 Å². The van der Waals surface area contributed by atoms with Gasteiger partial charge in [0.05, 0.1) is 12.8 Å². The Labute approximate surface area is 90.7 Å². The lowest BCUT2D eigenvalue weighted by molar-refractivity contribution is 0.301. The van der Waals surface area contributed by atoms with E-state index in [0.29, 0.717) is 6.54 Å². The molecule has 15 heavy (non-hydrogen) atoms. The highest BCUT2D eigenvalue weighted by molar-refractivity contribution is 5.19. The zero-order chi connectivity index (χ0) is 10.5. The molecule has 2 rings (SSSR count). The van der Waals surface area contributed by atoms with Gasteiger partial charge in [0.2, 0.25) is 0 Å². The number of hydrogen-bond acceptors (Lipinski definition) is 3. The highest BCUT2D eigenvalue weighted by Crippen LogP contribution is 2.32. The zero-order valence-corrected chi connectivity index (χ0v) is 8.98. The van der Waals surface area contributed by atoms with Crippen molar-refractivity contribution in [3.63, 3.8) is 0 Å². The molecule has 3 nitrogen and oxygen atoms in total. The number of aromatic nitrogens is 1. The highest BCUT2D eigenvalue weighted by Gasteiger charge is 2.20. The molecule has 2 N–H and O–H groups in total. The lowest BCUT2D eigenvalue weighted by Crippen LogP contribution is -2.04. The molecule has 3 heteroatoms. The molecular weight excluding hydrogens is 188 g/mol. The minimum absolute atomic E-state index is 0.648. The standard InChI is InChI=1S/C12H18N2O/c13-7-5-11-3-4-12(9-14-11)15-8-6-10-1-2-10/h3-4,9-10H,1-2,5-8,13H2. The number of hydrogen-bond donors (Lipinski definition) is 1. The predicted octanol–water partition coefficient (Wildman–Crippen LogP) is 1.76. The molecule has 82 valence electrons. The fraction of sp³-hybridized carbons (Fsp3) is 0.583. The molecule has 0 aliphatic heterocycles. The van der Waals surface area contributed by atoms with Gasteiger partial charge in [0.1, 0.15) is 5.75 Å². The van der Waals surface area contributed by atoms with Gasteiger partial charge < -0.3 is 10.5 Å². The topological polar surface area (TPSA) is 48.1 Å². The number of pyridine rings is 1. The average Bonchev–Trinajstić information content (AvgIpc) is 3.05. The molecule has 0 unspecified atom stereocenters. The SMILES string of the molecule is NCCc1ccc(OCCC2CC2)cn1. The molecule has 1 aromatic rings. The van der Waals surface area contributed by atoms with Gasteiger partial charge in [-0.1, -0.05) is 12.8 Å². The van der Waals surface area contributed by atoms with Crippen LogP contribution >= 0.6 is 0 Å². The summed E-state index contributed by atoms with van der Waals surface area (Å²) < 4.78 is 5.60. The van der Waals surface area contributed by atoms with Crippen molar-refractivity contribution in [2.24, 2.45) is 11.7 Å². The first kappa shape index (κ1) is 10.4. The van der Waals surface area contributed by atoms with E-state index in [1.165, 1.54) is 19.3 Å². The van der Waals surface area contributed by atoms with Crippen LogP contribution in [0, 0.1) is 5.92 Å². The van der Waals surface area contributed by atoms with Gasteiger partial charge in [-0.2, -0.15) is 0 Å². The lowest BCUT2D eigenvalue weighted by Gasteiger charge is -2.05. The number of ether oxygens (including phenoxy) is 1. The second kappa shape index (κ2) is 5.12. The summed E-state index contributed by atoms with van der Waals surface area (Å²) in [6.07, 6.45) is 6.58. The third-order valence-electron chi connectivity index (χ3n) is 2.69. The first-order chi connectivity index (χ1) is 7.38. The molecule has 1 aromatic heterocycles. The van der Waals surface area contributed by atoms with E-state index in [4.69, 9.17) is 10.5 Å². The molecule has 1 heterocycles. The molecule has 0 spiro atoms. The fourth-order valence-corrected chi connectivity index (χ4v) is 1.54. The van der Waals surface area contributed by atoms with Crippen LogP contribution in [0.4, 0.5) is 0 Å². The van der Waals surface area contributed by atoms with Gasteiger partial charge in [-0.05, 0) is 31.0 Å². The van der Waals surface area contributed by atoms with Crippen molar-refractivity contribution >= 4 is 0 Å². The molecule has 1 aliphatic carbocycles. The Morgan fingerprint density at radius 2 is 2.27 bits per heavy atom. The summed E-state index contributed by atoms with van der Waals surface area (Å²) in [5, 5.41) is 0. The minimum Gasteiger partial charge on any atom is -0.492 e. The predicted molar refractivity (Wildman–Crippen MR) is 59.8 cm³/mol. The molecule has 0 saturated heterocycles. The molecule has 0 bridgehead atoms. The third kappa shape index (κ3) is 3.51. The fourth-order valence-electron chi connectivity index (χ4n) is 1.54. The molecule has 0 aromatic carbocycles. The summed E-state index contributed by atoms with van der Waals surface area (Å²) in [7, 11) is 0. The zero-order valence-electron chi connectivity index (χ0n) is 8.98. The Kier molecular flexibility index (Phi) is 3.56. The van der Waals surface area contributed by atoms with E-state index < -0.39 is 0 Å². The summed E-state index contributed by atoms with van der Waals surface area (Å²) in [4.78, 5) is 4.28. The summed E-state index contributed by atoms with van der Waals surface area (Å²) in [6, 6.07) is 3.96. The first-order valence-electron chi connectivity index (χ1n) is 5.66. The van der Waals surface area contributed by atoms with Crippen molar-refractivity contribution in [3.8, 4) is 5.75 Å². The van der Waals surface area contributed by atoms with Crippen LogP contribution in [-0.2, 0) is 6.42 Å². The molecular formula is C12H18N2O. The van der Waals surface area contributed by atoms with Crippen LogP contribution in [0.3, 0.4) is 0 Å². The van der Waals surface area contributed by atoms with Gasteiger partial charge >= 0.3 is 0 Å². The van der Waals surface area contributed by atoms with E-state index in [-0.39, 0.29) is 0 Å². The lowest BCUT2D eigenvalue weighted by atomic mass is 10.3. The van der Waals surface area contributed by atoms with E-state index in [9.17, 15) is 0 Å². The minimum atomic E-state index is 0.648. The summed E-state index contributed by atoms with van der Waals surface area (Å²) in [5.74, 6) is 1.80. The number of rotatable bonds is 6.